The summed E-state index contributed by atoms with van der Waals surface area (Å²) in [6, 6.07) is 1.58. The Balaban J connectivity index is 3.34. The summed E-state index contributed by atoms with van der Waals surface area (Å²) in [6.07, 6.45) is -6.98. The van der Waals surface area contributed by atoms with Gasteiger partial charge in [0.05, 0.1) is 5.56 Å². The van der Waals surface area contributed by atoms with Gasteiger partial charge in [0.1, 0.15) is 5.82 Å². The molecule has 0 spiro atoms. The maximum absolute atomic E-state index is 12.6. The summed E-state index contributed by atoms with van der Waals surface area (Å²) < 4.78 is 49.9. The molecular formula is C9H7F4NO2. The molecule has 7 heteroatoms. The van der Waals surface area contributed by atoms with Gasteiger partial charge in [-0.15, -0.1) is 0 Å². The number of carbonyl (C=O) groups excluding carboxylic acids is 1. The molecule has 0 saturated heterocycles. The molecule has 0 radical (unpaired) electrons. The maximum Gasteiger partial charge on any atom is 0.416 e. The molecule has 0 bridgehead atoms. The number of primary amides is 1. The van der Waals surface area contributed by atoms with Crippen molar-refractivity contribution in [2.24, 2.45) is 5.73 Å². The number of alkyl halides is 3. The minimum Gasteiger partial charge on any atom is -0.378 e. The van der Waals surface area contributed by atoms with Crippen molar-refractivity contribution < 1.29 is 27.5 Å². The second-order valence-electron chi connectivity index (χ2n) is 3.03. The first-order valence-corrected chi connectivity index (χ1v) is 4.07. The summed E-state index contributed by atoms with van der Waals surface area (Å²) in [6.45, 7) is 0. The molecule has 0 fully saturated rings. The summed E-state index contributed by atoms with van der Waals surface area (Å²) in [5.74, 6) is -2.45. The molecule has 0 aliphatic carbocycles. The molecule has 16 heavy (non-hydrogen) atoms. The van der Waals surface area contributed by atoms with E-state index in [1.54, 1.807) is 0 Å². The Morgan fingerprint density at radius 2 is 1.94 bits per heavy atom. The van der Waals surface area contributed by atoms with Gasteiger partial charge in [-0.05, 0) is 12.1 Å². The fourth-order valence-electron chi connectivity index (χ4n) is 1.17. The van der Waals surface area contributed by atoms with Crippen LogP contribution in [-0.4, -0.2) is 11.0 Å². The van der Waals surface area contributed by atoms with E-state index in [9.17, 15) is 22.4 Å². The molecule has 1 aromatic rings. The molecule has 0 saturated carbocycles. The van der Waals surface area contributed by atoms with Crippen LogP contribution < -0.4 is 5.73 Å². The number of amides is 1. The van der Waals surface area contributed by atoms with Crippen molar-refractivity contribution in [1.82, 2.24) is 0 Å². The zero-order valence-electron chi connectivity index (χ0n) is 7.75. The topological polar surface area (TPSA) is 63.3 Å². The van der Waals surface area contributed by atoms with E-state index < -0.39 is 35.1 Å². The highest BCUT2D eigenvalue weighted by Crippen LogP contribution is 2.35. The second-order valence-corrected chi connectivity index (χ2v) is 3.03. The van der Waals surface area contributed by atoms with Crippen LogP contribution in [0.5, 0.6) is 0 Å². The molecule has 3 nitrogen and oxygen atoms in total. The van der Waals surface area contributed by atoms with Gasteiger partial charge in [0, 0.05) is 5.56 Å². The summed E-state index contributed by atoms with van der Waals surface area (Å²) in [5.41, 5.74) is 2.49. The van der Waals surface area contributed by atoms with E-state index in [0.29, 0.717) is 12.1 Å². The second kappa shape index (κ2) is 4.09. The Labute approximate surface area is 87.5 Å². The summed E-state index contributed by atoms with van der Waals surface area (Å²) in [5, 5.41) is 9.14. The molecule has 0 aromatic heterocycles. The van der Waals surface area contributed by atoms with Crippen molar-refractivity contribution in [3.63, 3.8) is 0 Å². The van der Waals surface area contributed by atoms with Crippen LogP contribution in [0, 0.1) is 5.82 Å². The van der Waals surface area contributed by atoms with Crippen LogP contribution in [-0.2, 0) is 11.0 Å². The molecular weight excluding hydrogens is 230 g/mol. The fourth-order valence-corrected chi connectivity index (χ4v) is 1.17. The van der Waals surface area contributed by atoms with Crippen LogP contribution in [0.4, 0.5) is 17.6 Å². The quantitative estimate of drug-likeness (QED) is 0.763. The monoisotopic (exact) mass is 237 g/mol. The van der Waals surface area contributed by atoms with Gasteiger partial charge in [0.15, 0.2) is 6.10 Å². The average Bonchev–Trinajstić information content (AvgIpc) is 2.15. The number of hydrogen-bond acceptors (Lipinski definition) is 2. The van der Waals surface area contributed by atoms with Gasteiger partial charge in [-0.2, -0.15) is 13.2 Å². The first-order chi connectivity index (χ1) is 7.23. The zero-order valence-corrected chi connectivity index (χ0v) is 7.75. The highest BCUT2D eigenvalue weighted by Gasteiger charge is 2.36. The van der Waals surface area contributed by atoms with E-state index in [1.165, 1.54) is 0 Å². The van der Waals surface area contributed by atoms with Gasteiger partial charge < -0.3 is 10.8 Å². The summed E-state index contributed by atoms with van der Waals surface area (Å²) in [7, 11) is 0. The minimum atomic E-state index is -4.87. The van der Waals surface area contributed by atoms with Crippen molar-refractivity contribution in [1.29, 1.82) is 0 Å². The first-order valence-electron chi connectivity index (χ1n) is 4.07. The summed E-state index contributed by atoms with van der Waals surface area (Å²) in [4.78, 5) is 10.6. The van der Waals surface area contributed by atoms with Gasteiger partial charge in [-0.1, -0.05) is 6.07 Å². The van der Waals surface area contributed by atoms with E-state index >= 15 is 0 Å². The average molecular weight is 237 g/mol. The van der Waals surface area contributed by atoms with Gasteiger partial charge in [-0.3, -0.25) is 4.79 Å². The molecule has 1 amide bonds. The molecule has 0 aliphatic rings. The number of aliphatic hydroxyl groups excluding tert-OH is 1. The van der Waals surface area contributed by atoms with E-state index in [-0.39, 0.29) is 6.07 Å². The summed E-state index contributed by atoms with van der Waals surface area (Å²) >= 11 is 0. The highest BCUT2D eigenvalue weighted by molar-refractivity contribution is 5.80. The first kappa shape index (κ1) is 12.4. The third-order valence-corrected chi connectivity index (χ3v) is 1.88. The zero-order chi connectivity index (χ0) is 12.5. The number of aliphatic hydroxyl groups is 1. The van der Waals surface area contributed by atoms with E-state index in [1.807, 2.05) is 0 Å². The number of rotatable bonds is 2. The van der Waals surface area contributed by atoms with Gasteiger partial charge in [-0.25, -0.2) is 4.39 Å². The van der Waals surface area contributed by atoms with E-state index in [4.69, 9.17) is 5.11 Å². The van der Waals surface area contributed by atoms with Gasteiger partial charge >= 0.3 is 6.18 Å². The molecule has 3 N–H and O–H groups in total. The van der Waals surface area contributed by atoms with Crippen LogP contribution >= 0.6 is 0 Å². The normalized spacial score (nSPS) is 13.6. The van der Waals surface area contributed by atoms with E-state index in [0.717, 1.165) is 0 Å². The van der Waals surface area contributed by atoms with Crippen molar-refractivity contribution in [2.75, 3.05) is 0 Å². The molecule has 0 heterocycles. The standard InChI is InChI=1S/C9H7F4NO2/c10-4-1-2-5(7(15)8(14)16)6(3-4)9(11,12)13/h1-3,7,15H,(H2,14,16)/t7-/m0/s1. The van der Waals surface area contributed by atoms with Gasteiger partial charge in [0.2, 0.25) is 0 Å². The Hall–Kier alpha value is -1.63. The third-order valence-electron chi connectivity index (χ3n) is 1.88. The molecule has 1 rings (SSSR count). The minimum absolute atomic E-state index is 0.196. The lowest BCUT2D eigenvalue weighted by atomic mass is 10.0. The molecule has 0 aliphatic heterocycles. The molecule has 88 valence electrons. The van der Waals surface area contributed by atoms with Crippen LogP contribution in [0.25, 0.3) is 0 Å². The maximum atomic E-state index is 12.6. The van der Waals surface area contributed by atoms with Crippen LogP contribution in [0.15, 0.2) is 18.2 Å². The number of hydrogen-bond donors (Lipinski definition) is 2. The van der Waals surface area contributed by atoms with Crippen molar-refractivity contribution in [3.05, 3.63) is 35.1 Å². The Kier molecular flexibility index (Phi) is 3.18. The Morgan fingerprint density at radius 1 is 1.38 bits per heavy atom. The molecule has 1 atom stereocenters. The lowest BCUT2D eigenvalue weighted by molar-refractivity contribution is -0.140. The van der Waals surface area contributed by atoms with Gasteiger partial charge in [0.25, 0.3) is 5.91 Å². The van der Waals surface area contributed by atoms with Crippen LogP contribution in [0.3, 0.4) is 0 Å². The predicted molar refractivity (Wildman–Crippen MR) is 45.6 cm³/mol. The number of halogens is 4. The molecule has 0 unspecified atom stereocenters. The van der Waals surface area contributed by atoms with E-state index in [2.05, 4.69) is 5.73 Å². The largest absolute Gasteiger partial charge is 0.416 e. The van der Waals surface area contributed by atoms with Crippen molar-refractivity contribution in [2.45, 2.75) is 12.3 Å². The van der Waals surface area contributed by atoms with Crippen LogP contribution in [0.1, 0.15) is 17.2 Å². The highest BCUT2D eigenvalue weighted by atomic mass is 19.4. The van der Waals surface area contributed by atoms with Crippen molar-refractivity contribution >= 4 is 5.91 Å². The smallest absolute Gasteiger partial charge is 0.378 e. The van der Waals surface area contributed by atoms with Crippen molar-refractivity contribution in [3.8, 4) is 0 Å². The lowest BCUT2D eigenvalue weighted by Crippen LogP contribution is -2.24. The lowest BCUT2D eigenvalue weighted by Gasteiger charge is -2.15. The molecule has 1 aromatic carbocycles. The fraction of sp³-hybridized carbons (Fsp3) is 0.222. The number of nitrogens with two attached hydrogens (primary N) is 1. The third kappa shape index (κ3) is 2.48. The predicted octanol–water partition coefficient (Wildman–Crippen LogP) is 1.36. The number of benzene rings is 1. The van der Waals surface area contributed by atoms with Crippen LogP contribution in [0.2, 0.25) is 0 Å². The Morgan fingerprint density at radius 3 is 2.38 bits per heavy atom. The number of carbonyl (C=O) groups is 1. The SMILES string of the molecule is NC(=O)[C@@H](O)c1ccc(F)cc1C(F)(F)F. The Bertz CT molecular complexity index is 416.